The van der Waals surface area contributed by atoms with Crippen LogP contribution in [-0.2, 0) is 9.53 Å². The molecule has 3 aromatic rings. The maximum absolute atomic E-state index is 13.4. The molecule has 1 aliphatic heterocycles. The molecule has 0 bridgehead atoms. The smallest absolute Gasteiger partial charge is 0.338 e. The summed E-state index contributed by atoms with van der Waals surface area (Å²) in [6, 6.07) is 16.9. The molecule has 0 unspecified atom stereocenters. The molecule has 0 saturated heterocycles. The van der Waals surface area contributed by atoms with Crippen molar-refractivity contribution in [3.05, 3.63) is 93.7 Å². The molecule has 2 N–H and O–H groups in total. The van der Waals surface area contributed by atoms with Gasteiger partial charge in [0.2, 0.25) is 0 Å². The molecule has 34 heavy (non-hydrogen) atoms. The maximum Gasteiger partial charge on any atom is 0.338 e. The molecule has 1 atom stereocenters. The first kappa shape index (κ1) is 24.2. The number of allylic oxidation sites excluding steroid dienone is 1. The average Bonchev–Trinajstić information content (AvgIpc) is 3.11. The Hall–Kier alpha value is -2.93. The van der Waals surface area contributed by atoms with Crippen LogP contribution in [0.15, 0.2) is 67.8 Å². The molecule has 6 nitrogen and oxygen atoms in total. The highest BCUT2D eigenvalue weighted by Crippen LogP contribution is 2.37. The number of carbonyl (C=O) groups excluding carboxylic acids is 1. The lowest BCUT2D eigenvalue weighted by Gasteiger charge is -2.25. The summed E-state index contributed by atoms with van der Waals surface area (Å²) in [5.41, 5.74) is 7.85. The summed E-state index contributed by atoms with van der Waals surface area (Å²) >= 11 is 7.97. The summed E-state index contributed by atoms with van der Waals surface area (Å²) < 4.78 is 9.33. The maximum atomic E-state index is 13.4. The molecule has 0 amide bonds. The van der Waals surface area contributed by atoms with Gasteiger partial charge >= 0.3 is 5.97 Å². The molecule has 0 spiro atoms. The summed E-state index contributed by atoms with van der Waals surface area (Å²) in [5.74, 6) is -1.33. The van der Waals surface area contributed by atoms with Crippen molar-refractivity contribution in [1.29, 1.82) is 5.26 Å². The summed E-state index contributed by atoms with van der Waals surface area (Å²) in [4.78, 5) is 26.7. The van der Waals surface area contributed by atoms with E-state index < -0.39 is 17.4 Å². The van der Waals surface area contributed by atoms with Crippen molar-refractivity contribution in [2.75, 3.05) is 0 Å². The van der Waals surface area contributed by atoms with Gasteiger partial charge in [-0.3, -0.25) is 9.36 Å². The van der Waals surface area contributed by atoms with E-state index in [0.29, 0.717) is 14.8 Å². The number of rotatable bonds is 4. The second-order valence-electron chi connectivity index (χ2n) is 7.87. The molecule has 2 heterocycles. The molecule has 0 radical (unpaired) electrons. The lowest BCUT2D eigenvalue weighted by molar-refractivity contribution is -0.140. The number of halogens is 2. The number of nitrogens with two attached hydrogens (primary N) is 1. The zero-order valence-corrected chi connectivity index (χ0v) is 22.2. The number of nitrogens with zero attached hydrogens (tertiary/aromatic N) is 2. The van der Waals surface area contributed by atoms with Crippen LogP contribution in [0.5, 0.6) is 0 Å². The lowest BCUT2D eigenvalue weighted by Crippen LogP contribution is -2.40. The van der Waals surface area contributed by atoms with Gasteiger partial charge in [-0.1, -0.05) is 56.1 Å². The topological polar surface area (TPSA) is 98.1 Å². The largest absolute Gasteiger partial charge is 0.460 e. The van der Waals surface area contributed by atoms with E-state index in [1.807, 2.05) is 48.5 Å². The number of hydrogen-bond donors (Lipinski definition) is 1. The fourth-order valence-corrected chi connectivity index (χ4v) is 5.42. The number of fused-ring (bicyclic) bond motifs is 1. The van der Waals surface area contributed by atoms with Crippen LogP contribution >= 0.6 is 43.2 Å². The number of carbonyl (C=O) groups is 1. The molecule has 4 rings (SSSR count). The van der Waals surface area contributed by atoms with Crippen molar-refractivity contribution in [3.8, 4) is 6.07 Å². The molecule has 1 aliphatic rings. The van der Waals surface area contributed by atoms with Crippen LogP contribution in [0.2, 0.25) is 0 Å². The number of ether oxygens (including phenoxy) is 1. The van der Waals surface area contributed by atoms with Gasteiger partial charge in [0.1, 0.15) is 10.5 Å². The van der Waals surface area contributed by atoms with Crippen LogP contribution in [0.1, 0.15) is 30.9 Å². The quantitative estimate of drug-likeness (QED) is 0.459. The van der Waals surface area contributed by atoms with Gasteiger partial charge in [0, 0.05) is 8.95 Å². The van der Waals surface area contributed by atoms with Crippen molar-refractivity contribution >= 4 is 66.6 Å². The van der Waals surface area contributed by atoms with E-state index in [1.54, 1.807) is 19.9 Å². The first-order chi connectivity index (χ1) is 16.2. The van der Waals surface area contributed by atoms with Gasteiger partial charge in [-0.15, -0.1) is 11.3 Å². The first-order valence-electron chi connectivity index (χ1n) is 10.3. The highest BCUT2D eigenvalue weighted by molar-refractivity contribution is 9.10. The third-order valence-corrected chi connectivity index (χ3v) is 7.37. The lowest BCUT2D eigenvalue weighted by atomic mass is 9.84. The van der Waals surface area contributed by atoms with Gasteiger partial charge in [0.05, 0.1) is 33.8 Å². The molecular weight excluding hydrogens is 582 g/mol. The number of thiazole rings is 1. The van der Waals surface area contributed by atoms with Gasteiger partial charge in [-0.05, 0) is 55.3 Å². The van der Waals surface area contributed by atoms with Crippen molar-refractivity contribution in [3.63, 3.8) is 0 Å². The SMILES string of the molecule is CC(C)OC(=O)C1=c2s/c(=C\c3ccc(Br)cc3)c(=O)n2C(N)=C(C#N)[C@@H]1c1ccc(Br)cc1. The Morgan fingerprint density at radius 3 is 2.29 bits per heavy atom. The van der Waals surface area contributed by atoms with E-state index in [1.165, 1.54) is 4.57 Å². The van der Waals surface area contributed by atoms with E-state index in [0.717, 1.165) is 25.8 Å². The van der Waals surface area contributed by atoms with Crippen molar-refractivity contribution in [2.24, 2.45) is 5.73 Å². The van der Waals surface area contributed by atoms with Crippen LogP contribution in [0.3, 0.4) is 0 Å². The van der Waals surface area contributed by atoms with Crippen LogP contribution in [0, 0.1) is 11.3 Å². The fourth-order valence-electron chi connectivity index (χ4n) is 3.72. The number of benzene rings is 2. The van der Waals surface area contributed by atoms with Gasteiger partial charge in [-0.25, -0.2) is 4.79 Å². The van der Waals surface area contributed by atoms with Gasteiger partial charge < -0.3 is 10.5 Å². The van der Waals surface area contributed by atoms with Crippen molar-refractivity contribution in [2.45, 2.75) is 25.9 Å². The molecule has 1 aromatic heterocycles. The Morgan fingerprint density at radius 2 is 1.74 bits per heavy atom. The minimum atomic E-state index is -0.761. The monoisotopic (exact) mass is 599 g/mol. The van der Waals surface area contributed by atoms with E-state index >= 15 is 0 Å². The highest BCUT2D eigenvalue weighted by atomic mass is 79.9. The summed E-state index contributed by atoms with van der Waals surface area (Å²) in [6.45, 7) is 3.50. The van der Waals surface area contributed by atoms with Crippen LogP contribution < -0.4 is 20.5 Å². The predicted molar refractivity (Wildman–Crippen MR) is 140 cm³/mol. The van der Waals surface area contributed by atoms with E-state index in [-0.39, 0.29) is 23.1 Å². The summed E-state index contributed by atoms with van der Waals surface area (Å²) in [5, 5.41) is 10.0. The zero-order chi connectivity index (χ0) is 24.6. The fraction of sp³-hybridized carbons (Fsp3) is 0.160. The number of nitriles is 1. The first-order valence-corrected chi connectivity index (χ1v) is 12.7. The molecule has 0 fully saturated rings. The Kier molecular flexibility index (Phi) is 6.94. The number of hydrogen-bond acceptors (Lipinski definition) is 6. The third-order valence-electron chi connectivity index (χ3n) is 5.20. The Morgan fingerprint density at radius 1 is 1.15 bits per heavy atom. The molecule has 2 aromatic carbocycles. The second kappa shape index (κ2) is 9.74. The molecule has 172 valence electrons. The summed E-state index contributed by atoms with van der Waals surface area (Å²) in [6.07, 6.45) is 1.36. The number of aromatic nitrogens is 1. The Labute approximate surface area is 216 Å². The van der Waals surface area contributed by atoms with Crippen LogP contribution in [0.4, 0.5) is 0 Å². The van der Waals surface area contributed by atoms with Gasteiger partial charge in [-0.2, -0.15) is 5.26 Å². The van der Waals surface area contributed by atoms with Crippen LogP contribution in [0.25, 0.3) is 17.5 Å². The molecule has 0 saturated carbocycles. The number of esters is 1. The molecule has 0 aliphatic carbocycles. The minimum Gasteiger partial charge on any atom is -0.460 e. The molecular formula is C25H19Br2N3O3S. The molecule has 9 heteroatoms. The average molecular weight is 601 g/mol. The van der Waals surface area contributed by atoms with Crippen LogP contribution in [-0.4, -0.2) is 16.6 Å². The third kappa shape index (κ3) is 4.53. The Balaban J connectivity index is 2.08. The minimum absolute atomic E-state index is 0.0169. The predicted octanol–water partition coefficient (Wildman–Crippen LogP) is 3.81. The van der Waals surface area contributed by atoms with Gasteiger partial charge in [0.15, 0.2) is 0 Å². The van der Waals surface area contributed by atoms with Crippen molar-refractivity contribution in [1.82, 2.24) is 4.57 Å². The zero-order valence-electron chi connectivity index (χ0n) is 18.2. The summed E-state index contributed by atoms with van der Waals surface area (Å²) in [7, 11) is 0. The van der Waals surface area contributed by atoms with E-state index in [2.05, 4.69) is 37.9 Å². The Bertz CT molecular complexity index is 1530. The van der Waals surface area contributed by atoms with E-state index in [9.17, 15) is 14.9 Å². The van der Waals surface area contributed by atoms with E-state index in [4.69, 9.17) is 10.5 Å². The highest BCUT2D eigenvalue weighted by Gasteiger charge is 2.36. The normalized spacial score (nSPS) is 15.9. The van der Waals surface area contributed by atoms with Gasteiger partial charge in [0.25, 0.3) is 5.56 Å². The second-order valence-corrected chi connectivity index (χ2v) is 10.7. The standard InChI is InChI=1S/C25H19Br2N3O3S/c1-13(2)33-25(32)21-20(15-5-9-17(27)10-6-15)18(12-28)22(29)30-23(31)19(34-24(21)30)11-14-3-7-16(26)8-4-14/h3-11,13,20H,29H2,1-2H3/b19-11-/t20-/m0/s1. The van der Waals surface area contributed by atoms with Crippen molar-refractivity contribution < 1.29 is 9.53 Å².